The van der Waals surface area contributed by atoms with Crippen molar-refractivity contribution >= 4 is 35.1 Å². The van der Waals surface area contributed by atoms with Gasteiger partial charge in [0.2, 0.25) is 0 Å². The van der Waals surface area contributed by atoms with Crippen LogP contribution in [0.2, 0.25) is 0 Å². The van der Waals surface area contributed by atoms with Crippen LogP contribution in [0.25, 0.3) is 17.3 Å². The molecule has 3 aromatic carbocycles. The van der Waals surface area contributed by atoms with Gasteiger partial charge < -0.3 is 0 Å². The second-order valence-electron chi connectivity index (χ2n) is 6.86. The molecule has 3 aromatic rings. The van der Waals surface area contributed by atoms with Gasteiger partial charge in [0.15, 0.2) is 0 Å². The molecule has 0 saturated heterocycles. The smallest absolute Gasteiger partial charge is 0.276 e. The van der Waals surface area contributed by atoms with Crippen LogP contribution in [0.1, 0.15) is 23.6 Å². The average Bonchev–Trinajstić information content (AvgIpc) is 2.84. The Balaban J connectivity index is 1.76. The Kier molecular flexibility index (Phi) is 8.20. The van der Waals surface area contributed by atoms with Crippen LogP contribution in [-0.2, 0) is 0 Å². The minimum atomic E-state index is -0.394. The highest BCUT2D eigenvalue weighted by Gasteiger charge is 2.08. The number of aliphatic imine (C=N–C) groups is 2. The van der Waals surface area contributed by atoms with Gasteiger partial charge in [-0.05, 0) is 42.7 Å². The van der Waals surface area contributed by atoms with Gasteiger partial charge >= 0.3 is 0 Å². The second kappa shape index (κ2) is 11.7. The van der Waals surface area contributed by atoms with Crippen molar-refractivity contribution in [2.45, 2.75) is 6.92 Å². The highest BCUT2D eigenvalue weighted by molar-refractivity contribution is 5.91. The minimum absolute atomic E-state index is 0.0679. The molecule has 158 valence electrons. The van der Waals surface area contributed by atoms with E-state index in [1.165, 1.54) is 6.07 Å². The molecular formula is C27H23N3O2. The van der Waals surface area contributed by atoms with Gasteiger partial charge in [0, 0.05) is 23.4 Å². The predicted molar refractivity (Wildman–Crippen MR) is 133 cm³/mol. The van der Waals surface area contributed by atoms with Gasteiger partial charge in [0.25, 0.3) is 5.69 Å². The maximum atomic E-state index is 11.1. The first-order valence-corrected chi connectivity index (χ1v) is 10.2. The molecule has 0 bridgehead atoms. The lowest BCUT2D eigenvalue weighted by molar-refractivity contribution is -0.385. The van der Waals surface area contributed by atoms with Crippen molar-refractivity contribution in [3.63, 3.8) is 0 Å². The quantitative estimate of drug-likeness (QED) is 0.237. The summed E-state index contributed by atoms with van der Waals surface area (Å²) in [7, 11) is 0. The average molecular weight is 422 g/mol. The van der Waals surface area contributed by atoms with Crippen LogP contribution < -0.4 is 0 Å². The first-order valence-electron chi connectivity index (χ1n) is 10.2. The third kappa shape index (κ3) is 6.59. The van der Waals surface area contributed by atoms with E-state index in [1.807, 2.05) is 73.7 Å². The summed E-state index contributed by atoms with van der Waals surface area (Å²) in [6, 6.07) is 26.5. The van der Waals surface area contributed by atoms with Crippen LogP contribution in [0.4, 0.5) is 5.69 Å². The van der Waals surface area contributed by atoms with E-state index < -0.39 is 4.92 Å². The number of hydrogen-bond acceptors (Lipinski definition) is 4. The lowest BCUT2D eigenvalue weighted by Gasteiger charge is -2.01. The maximum Gasteiger partial charge on any atom is 0.276 e. The molecule has 0 saturated carbocycles. The summed E-state index contributed by atoms with van der Waals surface area (Å²) in [5.41, 5.74) is 4.38. The Morgan fingerprint density at radius 3 is 2.25 bits per heavy atom. The van der Waals surface area contributed by atoms with Gasteiger partial charge in [-0.25, -0.2) is 4.99 Å². The van der Waals surface area contributed by atoms with E-state index in [-0.39, 0.29) is 5.69 Å². The van der Waals surface area contributed by atoms with Crippen LogP contribution >= 0.6 is 0 Å². The van der Waals surface area contributed by atoms with E-state index in [1.54, 1.807) is 36.6 Å². The lowest BCUT2D eigenvalue weighted by atomic mass is 10.1. The molecule has 0 heterocycles. The van der Waals surface area contributed by atoms with Crippen molar-refractivity contribution in [3.05, 3.63) is 124 Å². The van der Waals surface area contributed by atoms with E-state index in [2.05, 4.69) is 15.9 Å². The van der Waals surface area contributed by atoms with Gasteiger partial charge in [-0.15, -0.1) is 0 Å². The van der Waals surface area contributed by atoms with Crippen LogP contribution in [0.3, 0.4) is 0 Å². The normalized spacial score (nSPS) is 11.5. The lowest BCUT2D eigenvalue weighted by Crippen LogP contribution is -1.90. The third-order valence-corrected chi connectivity index (χ3v) is 4.61. The largest absolute Gasteiger partial charge is 0.289 e. The molecule has 0 aliphatic heterocycles. The molecule has 3 rings (SSSR count). The van der Waals surface area contributed by atoms with Crippen molar-refractivity contribution in [2.24, 2.45) is 9.98 Å². The molecule has 32 heavy (non-hydrogen) atoms. The number of nitro groups is 1. The zero-order valence-electron chi connectivity index (χ0n) is 17.8. The van der Waals surface area contributed by atoms with Gasteiger partial charge in [0.1, 0.15) is 0 Å². The van der Waals surface area contributed by atoms with E-state index in [9.17, 15) is 10.1 Å². The standard InChI is InChI=1S/C27H23N3O2/c1-22(23-11-4-2-5-12-23)21-29-26(24-13-6-3-7-14-24)18-20-28-19-10-16-25-15-8-9-17-27(25)30(31)32/h2-19H,20H2,1H3/b16-10+,26-18+,28-19?. The molecule has 0 aromatic heterocycles. The summed E-state index contributed by atoms with van der Waals surface area (Å²) in [5, 5.41) is 11.1. The van der Waals surface area contributed by atoms with Gasteiger partial charge in [-0.2, -0.15) is 0 Å². The van der Waals surface area contributed by atoms with Crippen molar-refractivity contribution in [1.29, 1.82) is 0 Å². The Bertz CT molecular complexity index is 1200. The number of nitro benzene ring substituents is 1. The number of benzene rings is 3. The maximum absolute atomic E-state index is 11.1. The summed E-state index contributed by atoms with van der Waals surface area (Å²) in [5.74, 6) is 3.13. The Labute approximate surface area is 187 Å². The summed E-state index contributed by atoms with van der Waals surface area (Å²) in [4.78, 5) is 19.6. The zero-order chi connectivity index (χ0) is 22.6. The monoisotopic (exact) mass is 421 g/mol. The van der Waals surface area contributed by atoms with E-state index in [0.717, 1.165) is 22.4 Å². The second-order valence-corrected chi connectivity index (χ2v) is 6.86. The van der Waals surface area contributed by atoms with E-state index >= 15 is 0 Å². The van der Waals surface area contributed by atoms with Crippen LogP contribution in [0.15, 0.2) is 107 Å². The SMILES string of the molecule is CC(=C=N/C(=C/CN=C/C=C/c1ccccc1[N+](=O)[O-])c1ccccc1)c1ccccc1. The van der Waals surface area contributed by atoms with Crippen LogP contribution in [0, 0.1) is 10.1 Å². The molecule has 0 spiro atoms. The fourth-order valence-electron chi connectivity index (χ4n) is 2.94. The topological polar surface area (TPSA) is 67.9 Å². The number of para-hydroxylation sites is 1. The molecule has 0 radical (unpaired) electrons. The Hall–Kier alpha value is -4.34. The van der Waals surface area contributed by atoms with Gasteiger partial charge in [-0.1, -0.05) is 72.8 Å². The van der Waals surface area contributed by atoms with Crippen molar-refractivity contribution in [3.8, 4) is 0 Å². The fourth-order valence-corrected chi connectivity index (χ4v) is 2.94. The molecule has 5 heteroatoms. The molecule has 0 aliphatic rings. The first-order chi connectivity index (χ1) is 15.6. The Morgan fingerprint density at radius 2 is 1.56 bits per heavy atom. The highest BCUT2D eigenvalue weighted by atomic mass is 16.6. The van der Waals surface area contributed by atoms with Crippen LogP contribution in [-0.4, -0.2) is 23.6 Å². The fraction of sp³-hybridized carbons (Fsp3) is 0.0741. The van der Waals surface area contributed by atoms with Gasteiger partial charge in [-0.3, -0.25) is 15.1 Å². The predicted octanol–water partition coefficient (Wildman–Crippen LogP) is 6.49. The molecular weight excluding hydrogens is 398 g/mol. The number of hydrogen-bond donors (Lipinski definition) is 0. The summed E-state index contributed by atoms with van der Waals surface area (Å²) < 4.78 is 0. The molecule has 5 nitrogen and oxygen atoms in total. The number of nitrogens with zero attached hydrogens (tertiary/aromatic N) is 3. The molecule has 0 atom stereocenters. The number of allylic oxidation sites excluding steroid dienone is 2. The Morgan fingerprint density at radius 1 is 0.938 bits per heavy atom. The molecule has 0 unspecified atom stereocenters. The minimum Gasteiger partial charge on any atom is -0.289 e. The highest BCUT2D eigenvalue weighted by Crippen LogP contribution is 2.19. The summed E-state index contributed by atoms with van der Waals surface area (Å²) >= 11 is 0. The van der Waals surface area contributed by atoms with Gasteiger partial charge in [0.05, 0.1) is 22.7 Å². The summed E-state index contributed by atoms with van der Waals surface area (Å²) in [6.45, 7) is 2.40. The van der Waals surface area contributed by atoms with Crippen molar-refractivity contribution < 1.29 is 4.92 Å². The first kappa shape index (κ1) is 22.3. The van der Waals surface area contributed by atoms with E-state index in [0.29, 0.717) is 12.1 Å². The summed E-state index contributed by atoms with van der Waals surface area (Å²) in [6.07, 6.45) is 6.93. The van der Waals surface area contributed by atoms with Crippen molar-refractivity contribution in [2.75, 3.05) is 6.54 Å². The number of rotatable bonds is 8. The molecule has 0 aliphatic carbocycles. The molecule has 0 fully saturated rings. The molecule has 0 amide bonds. The molecule has 0 N–H and O–H groups in total. The van der Waals surface area contributed by atoms with Crippen molar-refractivity contribution in [1.82, 2.24) is 0 Å². The van der Waals surface area contributed by atoms with E-state index in [4.69, 9.17) is 0 Å². The third-order valence-electron chi connectivity index (χ3n) is 4.61. The zero-order valence-corrected chi connectivity index (χ0v) is 17.8. The van der Waals surface area contributed by atoms with Crippen LogP contribution in [0.5, 0.6) is 0 Å².